The Balaban J connectivity index is 1.58. The van der Waals surface area contributed by atoms with Crippen molar-refractivity contribution < 1.29 is 76.5 Å². The summed E-state index contributed by atoms with van der Waals surface area (Å²) in [6, 6.07) is 11.8. The van der Waals surface area contributed by atoms with E-state index < -0.39 is 126 Å². The number of amides is 9. The number of aliphatic carboxylic acids is 2. The average molecular weight is 1380 g/mol. The Morgan fingerprint density at radius 2 is 1.38 bits per heavy atom. The van der Waals surface area contributed by atoms with Crippen molar-refractivity contribution in [3.63, 3.8) is 0 Å². The molecule has 0 saturated carbocycles. The van der Waals surface area contributed by atoms with E-state index in [0.717, 1.165) is 40.4 Å². The number of rotatable bonds is 36. The molecular weight excluding hydrogens is 1280 g/mol. The number of halogens is 2. The second kappa shape index (κ2) is 34.8. The molecule has 3 aromatic rings. The van der Waals surface area contributed by atoms with E-state index in [9.17, 15) is 62.5 Å². The molecule has 96 heavy (non-hydrogen) atoms. The Labute approximate surface area is 568 Å². The molecule has 5 atom stereocenters. The summed E-state index contributed by atoms with van der Waals surface area (Å²) in [4.78, 5) is 149. The number of unbranched alkanes of at least 4 members (excludes halogenated alkanes) is 2. The summed E-state index contributed by atoms with van der Waals surface area (Å²) in [6.07, 6.45) is 3.56. The Hall–Kier alpha value is -7.94. The first kappa shape index (κ1) is 80.5. The van der Waals surface area contributed by atoms with Crippen molar-refractivity contribution in [3.05, 3.63) is 95.8 Å². The third-order valence-electron chi connectivity index (χ3n) is 16.3. The summed E-state index contributed by atoms with van der Waals surface area (Å²) < 4.78 is 37.7. The van der Waals surface area contributed by atoms with E-state index in [1.165, 1.54) is 39.8 Å². The quantitative estimate of drug-likeness (QED) is 0.0153. The Kier molecular flexibility index (Phi) is 29.2. The van der Waals surface area contributed by atoms with Crippen LogP contribution in [0.25, 0.3) is 11.1 Å². The lowest BCUT2D eigenvalue weighted by atomic mass is 9.71. The van der Waals surface area contributed by atoms with Crippen molar-refractivity contribution in [2.45, 2.75) is 201 Å². The van der Waals surface area contributed by atoms with Crippen molar-refractivity contribution in [1.29, 1.82) is 0 Å². The first-order valence-corrected chi connectivity index (χ1v) is 37.4. The van der Waals surface area contributed by atoms with Gasteiger partial charge in [-0.2, -0.15) is 11.8 Å². The van der Waals surface area contributed by atoms with Crippen LogP contribution >= 0.6 is 11.8 Å². The number of carboxylic acid groups (broad SMARTS) is 2. The lowest BCUT2D eigenvalue weighted by Gasteiger charge is -2.41. The Morgan fingerprint density at radius 1 is 0.729 bits per heavy atom. The second-order valence-corrected chi connectivity index (χ2v) is 35.9. The number of imide groups is 1. The maximum Gasteiger partial charge on any atom is 0.408 e. The molecule has 27 heteroatoms. The fraction of sp³-hybridized carbons (Fsp3) is 0.580. The van der Waals surface area contributed by atoms with E-state index in [4.69, 9.17) is 4.74 Å². The van der Waals surface area contributed by atoms with Gasteiger partial charge in [0, 0.05) is 88.0 Å². The summed E-state index contributed by atoms with van der Waals surface area (Å²) in [5.41, 5.74) is -5.60. The molecule has 1 aromatic heterocycles. The van der Waals surface area contributed by atoms with Crippen molar-refractivity contribution in [2.75, 3.05) is 37.7 Å². The fourth-order valence-corrected chi connectivity index (χ4v) is 12.9. The van der Waals surface area contributed by atoms with Crippen molar-refractivity contribution >= 4 is 85.1 Å². The minimum absolute atomic E-state index is 0.00441. The summed E-state index contributed by atoms with van der Waals surface area (Å²) >= 11 is 1.09. The summed E-state index contributed by atoms with van der Waals surface area (Å²) in [5, 5.41) is 37.4. The van der Waals surface area contributed by atoms with Crippen LogP contribution in [0.1, 0.15) is 152 Å². The first-order chi connectivity index (χ1) is 44.5. The molecule has 0 aliphatic carbocycles. The fourth-order valence-electron chi connectivity index (χ4n) is 10.9. The van der Waals surface area contributed by atoms with Crippen LogP contribution in [-0.4, -0.2) is 164 Å². The SMILES string of the molecule is CC(C)[C@H](NC(=O)CCCCCN1C(=O)C=CC1=O)C(=O)N[C@@H](C)C(=O)NCCCN(C(=O)CSCCC(=O)N[C@](CC[Si](C)(C)C)(CNC(=O)C[C@@](NC(=O)OC(C)(C)C)(C(=O)O)C(C)(C)C)C(=O)O)[C@@H](c1cc(-c2cc(F)ccc2F)cn1Cc1ccccc1)C(C)(C)C. The number of nitrogens with zero attached hydrogens (tertiary/aromatic N) is 3. The number of carbonyl (C=O) groups is 11. The van der Waals surface area contributed by atoms with Crippen LogP contribution in [0, 0.1) is 28.4 Å². The van der Waals surface area contributed by atoms with Crippen LogP contribution < -0.4 is 31.9 Å². The largest absolute Gasteiger partial charge is 0.479 e. The van der Waals surface area contributed by atoms with E-state index in [0.29, 0.717) is 36.6 Å². The zero-order chi connectivity index (χ0) is 72.3. The van der Waals surface area contributed by atoms with Gasteiger partial charge in [-0.1, -0.05) is 118 Å². The smallest absolute Gasteiger partial charge is 0.408 e. The molecule has 1 aliphatic heterocycles. The van der Waals surface area contributed by atoms with Gasteiger partial charge in [-0.15, -0.1) is 0 Å². The summed E-state index contributed by atoms with van der Waals surface area (Å²) in [6.45, 7) is 26.0. The molecule has 1 aliphatic rings. The second-order valence-electron chi connectivity index (χ2n) is 29.2. The van der Waals surface area contributed by atoms with Crippen LogP contribution in [0.5, 0.6) is 0 Å². The number of benzene rings is 2. The molecule has 0 spiro atoms. The van der Waals surface area contributed by atoms with Gasteiger partial charge in [0.15, 0.2) is 11.1 Å². The zero-order valence-electron chi connectivity index (χ0n) is 58.4. The van der Waals surface area contributed by atoms with Crippen LogP contribution in [-0.2, 0) is 59.2 Å². The lowest BCUT2D eigenvalue weighted by molar-refractivity contribution is -0.153. The predicted octanol–water partition coefficient (Wildman–Crippen LogP) is 8.73. The maximum atomic E-state index is 15.6. The van der Waals surface area contributed by atoms with Gasteiger partial charge in [-0.25, -0.2) is 23.2 Å². The molecule has 0 radical (unpaired) electrons. The van der Waals surface area contributed by atoms with Gasteiger partial charge in [0.1, 0.15) is 29.3 Å². The van der Waals surface area contributed by atoms with Gasteiger partial charge >= 0.3 is 18.0 Å². The number of ether oxygens (including phenoxy) is 1. The van der Waals surface area contributed by atoms with Crippen LogP contribution in [0.2, 0.25) is 25.7 Å². The van der Waals surface area contributed by atoms with Crippen molar-refractivity contribution in [2.24, 2.45) is 16.7 Å². The molecule has 0 unspecified atom stereocenters. The van der Waals surface area contributed by atoms with E-state index in [1.54, 1.807) is 51.8 Å². The Morgan fingerprint density at radius 3 is 1.95 bits per heavy atom. The molecule has 2 aromatic carbocycles. The lowest BCUT2D eigenvalue weighted by Crippen LogP contribution is -2.65. The average Bonchev–Trinajstić information content (AvgIpc) is 1.39. The molecule has 4 rings (SSSR count). The Bertz CT molecular complexity index is 3280. The molecule has 2 heterocycles. The van der Waals surface area contributed by atoms with E-state index in [1.807, 2.05) is 75.3 Å². The van der Waals surface area contributed by atoms with Gasteiger partial charge < -0.3 is 56.3 Å². The number of thioether (sulfide) groups is 1. The number of carbonyl (C=O) groups excluding carboxylic acids is 9. The van der Waals surface area contributed by atoms with Crippen LogP contribution in [0.4, 0.5) is 13.6 Å². The molecule has 23 nitrogen and oxygen atoms in total. The van der Waals surface area contributed by atoms with E-state index >= 15 is 9.18 Å². The zero-order valence-corrected chi connectivity index (χ0v) is 60.2. The highest BCUT2D eigenvalue weighted by atomic mass is 32.2. The van der Waals surface area contributed by atoms with Gasteiger partial charge in [0.25, 0.3) is 11.8 Å². The van der Waals surface area contributed by atoms with Gasteiger partial charge in [-0.3, -0.25) is 43.3 Å². The minimum Gasteiger partial charge on any atom is -0.479 e. The molecular formula is C69H101F2N9O14SSi. The molecule has 0 bridgehead atoms. The van der Waals surface area contributed by atoms with Gasteiger partial charge in [-0.05, 0) is 100.0 Å². The van der Waals surface area contributed by atoms with Crippen LogP contribution in [0.15, 0.2) is 72.9 Å². The maximum absolute atomic E-state index is 15.6. The molecule has 0 saturated heterocycles. The number of hydrogen-bond acceptors (Lipinski definition) is 13. The third kappa shape index (κ3) is 24.3. The summed E-state index contributed by atoms with van der Waals surface area (Å²) in [5.74, 6) is -9.24. The number of nitrogens with one attached hydrogen (secondary N) is 6. The third-order valence-corrected chi connectivity index (χ3v) is 19.0. The molecule has 0 fully saturated rings. The van der Waals surface area contributed by atoms with Crippen molar-refractivity contribution in [3.8, 4) is 11.1 Å². The first-order valence-electron chi connectivity index (χ1n) is 32.5. The van der Waals surface area contributed by atoms with E-state index in [-0.39, 0.29) is 92.6 Å². The monoisotopic (exact) mass is 1380 g/mol. The normalized spacial score (nSPS) is 15.0. The van der Waals surface area contributed by atoms with Crippen molar-refractivity contribution in [1.82, 2.24) is 46.3 Å². The molecule has 9 amide bonds. The van der Waals surface area contributed by atoms with Gasteiger partial charge in [0.2, 0.25) is 35.4 Å². The van der Waals surface area contributed by atoms with Gasteiger partial charge in [0.05, 0.1) is 24.8 Å². The van der Waals surface area contributed by atoms with E-state index in [2.05, 4.69) is 31.9 Å². The highest BCUT2D eigenvalue weighted by Gasteiger charge is 2.53. The number of aromatic nitrogens is 1. The highest BCUT2D eigenvalue weighted by molar-refractivity contribution is 7.99. The molecule has 530 valence electrons. The standard InChI is InChI=1S/C69H101F2N9O14SSi/c1-44(2)58(75-52(81)25-20-17-21-33-79-55(84)28-29-56(79)85)61(88)74-45(3)60(87)72-32-22-34-80(59(65(4,5)6)51-37-47(49-38-48(70)26-27-50(49)71)41-78(51)40-46-23-18-16-19-24-46)57(86)42-95-35-30-53(82)76-68(62(89)90,31-36-96(13,14)15)43-73-54(83)39-69(63(91)92,66(7,8)9)77-64(93)94-67(10,11)12/h16,18-19,23-24,26-29,37-38,41,44-45,58-59H,17,20-22,25,30-36,39-40,42-43H2,1-15H3,(H,72,87)(H,73,83)(H,74,88)(H,75,81)(H,76,82)(H,77,93)(H,89,90)(H,91,92)/t45-,58-,59-,68+,69+/m0/s1. The van der Waals surface area contributed by atoms with Crippen LogP contribution in [0.3, 0.4) is 0 Å². The minimum atomic E-state index is -2.23. The molecule has 8 N–H and O–H groups in total. The summed E-state index contributed by atoms with van der Waals surface area (Å²) in [7, 11) is -2.04. The number of alkyl carbamates (subject to hydrolysis) is 1. The topological polar surface area (TPSA) is 321 Å². The number of hydrogen-bond donors (Lipinski definition) is 8. The predicted molar refractivity (Wildman–Crippen MR) is 366 cm³/mol. The highest BCUT2D eigenvalue weighted by Crippen LogP contribution is 2.42. The number of carboxylic acids is 2.